The highest BCUT2D eigenvalue weighted by atomic mass is 16.5. The molecule has 124 valence electrons. The zero-order valence-corrected chi connectivity index (χ0v) is 14.7. The predicted octanol–water partition coefficient (Wildman–Crippen LogP) is 2.88. The molecule has 21 heavy (non-hydrogen) atoms. The summed E-state index contributed by atoms with van der Waals surface area (Å²) in [6.07, 6.45) is 2.24. The Morgan fingerprint density at radius 3 is 2.38 bits per heavy atom. The fourth-order valence-corrected chi connectivity index (χ4v) is 2.69. The van der Waals surface area contributed by atoms with Crippen LogP contribution in [0.15, 0.2) is 0 Å². The molecule has 4 heteroatoms. The lowest BCUT2D eigenvalue weighted by Crippen LogP contribution is -2.43. The maximum Gasteiger partial charge on any atom is 0.241 e. The van der Waals surface area contributed by atoms with Crippen molar-refractivity contribution in [2.75, 3.05) is 19.8 Å². The van der Waals surface area contributed by atoms with Gasteiger partial charge in [0.05, 0.1) is 18.8 Å². The molecule has 0 aromatic rings. The Hall–Kier alpha value is -0.610. The Balaban J connectivity index is 2.50. The van der Waals surface area contributed by atoms with Crippen molar-refractivity contribution in [2.45, 2.75) is 66.6 Å². The minimum Gasteiger partial charge on any atom is -0.380 e. The van der Waals surface area contributed by atoms with Crippen LogP contribution >= 0.6 is 0 Å². The first-order valence-electron chi connectivity index (χ1n) is 8.52. The summed E-state index contributed by atoms with van der Waals surface area (Å²) in [6.45, 7) is 15.1. The molecule has 3 atom stereocenters. The van der Waals surface area contributed by atoms with Gasteiger partial charge < -0.3 is 9.64 Å². The van der Waals surface area contributed by atoms with E-state index in [1.54, 1.807) is 0 Å². The van der Waals surface area contributed by atoms with Crippen LogP contribution in [0.1, 0.15) is 54.4 Å². The fourth-order valence-electron chi connectivity index (χ4n) is 2.69. The summed E-state index contributed by atoms with van der Waals surface area (Å²) in [4.78, 5) is 14.6. The summed E-state index contributed by atoms with van der Waals surface area (Å²) in [5.74, 6) is 1.71. The minimum absolute atomic E-state index is 0.0296. The van der Waals surface area contributed by atoms with Crippen molar-refractivity contribution in [3.05, 3.63) is 0 Å². The molecule has 0 saturated carbocycles. The average molecular weight is 298 g/mol. The summed E-state index contributed by atoms with van der Waals surface area (Å²) in [5, 5.41) is 3.52. The Bertz CT molecular complexity index is 318. The lowest BCUT2D eigenvalue weighted by Gasteiger charge is -2.27. The molecule has 1 amide bonds. The van der Waals surface area contributed by atoms with Gasteiger partial charge in [-0.15, -0.1) is 0 Å². The van der Waals surface area contributed by atoms with E-state index >= 15 is 0 Å². The van der Waals surface area contributed by atoms with Crippen molar-refractivity contribution in [1.29, 1.82) is 0 Å². The first-order valence-corrected chi connectivity index (χ1v) is 8.52. The van der Waals surface area contributed by atoms with Crippen LogP contribution in [0.3, 0.4) is 0 Å². The summed E-state index contributed by atoms with van der Waals surface area (Å²) in [6, 6.07) is -0.0296. The monoisotopic (exact) mass is 298 g/mol. The van der Waals surface area contributed by atoms with Gasteiger partial charge in [0.1, 0.15) is 0 Å². The standard InChI is InChI=1S/C17H34N2O2/c1-7-14(6)15-17(20)19(16(18-15)13(4)5)9-11-21-10-8-12(2)3/h12-16,18H,7-11H2,1-6H3. The van der Waals surface area contributed by atoms with Crippen molar-refractivity contribution in [1.82, 2.24) is 10.2 Å². The van der Waals surface area contributed by atoms with Crippen LogP contribution in [0.5, 0.6) is 0 Å². The molecule has 1 aliphatic rings. The predicted molar refractivity (Wildman–Crippen MR) is 87.0 cm³/mol. The van der Waals surface area contributed by atoms with Crippen LogP contribution in [0.25, 0.3) is 0 Å². The zero-order chi connectivity index (χ0) is 16.0. The number of rotatable bonds is 9. The average Bonchev–Trinajstić information content (AvgIpc) is 2.75. The van der Waals surface area contributed by atoms with Crippen LogP contribution in [-0.2, 0) is 9.53 Å². The minimum atomic E-state index is -0.0296. The van der Waals surface area contributed by atoms with Crippen molar-refractivity contribution >= 4 is 5.91 Å². The van der Waals surface area contributed by atoms with Crippen LogP contribution < -0.4 is 5.32 Å². The SMILES string of the molecule is CCC(C)C1NC(C(C)C)N(CCOCCC(C)C)C1=O. The van der Waals surface area contributed by atoms with Crippen molar-refractivity contribution in [3.63, 3.8) is 0 Å². The van der Waals surface area contributed by atoms with Gasteiger partial charge in [-0.05, 0) is 24.2 Å². The normalized spacial score (nSPS) is 24.4. The highest BCUT2D eigenvalue weighted by Gasteiger charge is 2.41. The molecule has 0 radical (unpaired) electrons. The number of ether oxygens (including phenoxy) is 1. The Morgan fingerprint density at radius 2 is 1.86 bits per heavy atom. The number of hydrogen-bond acceptors (Lipinski definition) is 3. The van der Waals surface area contributed by atoms with Gasteiger partial charge in [0.15, 0.2) is 0 Å². The summed E-state index contributed by atoms with van der Waals surface area (Å²) in [7, 11) is 0. The van der Waals surface area contributed by atoms with Gasteiger partial charge in [0.25, 0.3) is 0 Å². The molecule has 0 aliphatic carbocycles. The first kappa shape index (κ1) is 18.4. The van der Waals surface area contributed by atoms with Gasteiger partial charge in [-0.3, -0.25) is 10.1 Å². The molecular formula is C17H34N2O2. The molecule has 1 rings (SSSR count). The topological polar surface area (TPSA) is 41.6 Å². The van der Waals surface area contributed by atoms with Gasteiger partial charge >= 0.3 is 0 Å². The van der Waals surface area contributed by atoms with Gasteiger partial charge in [-0.25, -0.2) is 0 Å². The smallest absolute Gasteiger partial charge is 0.241 e. The number of carbonyl (C=O) groups is 1. The number of carbonyl (C=O) groups excluding carboxylic acids is 1. The van der Waals surface area contributed by atoms with E-state index < -0.39 is 0 Å². The molecule has 1 heterocycles. The lowest BCUT2D eigenvalue weighted by atomic mass is 9.99. The quantitative estimate of drug-likeness (QED) is 0.666. The van der Waals surface area contributed by atoms with Gasteiger partial charge in [0, 0.05) is 13.2 Å². The Morgan fingerprint density at radius 1 is 1.19 bits per heavy atom. The molecule has 4 nitrogen and oxygen atoms in total. The Labute approximate surface area is 130 Å². The van der Waals surface area contributed by atoms with Gasteiger partial charge in [-0.1, -0.05) is 48.0 Å². The lowest BCUT2D eigenvalue weighted by molar-refractivity contribution is -0.132. The van der Waals surface area contributed by atoms with E-state index in [2.05, 4.69) is 46.9 Å². The molecule has 0 aromatic carbocycles. The number of nitrogens with zero attached hydrogens (tertiary/aromatic N) is 1. The van der Waals surface area contributed by atoms with Crippen LogP contribution in [0.2, 0.25) is 0 Å². The molecule has 1 N–H and O–H groups in total. The van der Waals surface area contributed by atoms with Gasteiger partial charge in [0.2, 0.25) is 5.91 Å². The van der Waals surface area contributed by atoms with Crippen LogP contribution in [0.4, 0.5) is 0 Å². The third-order valence-corrected chi connectivity index (χ3v) is 4.40. The summed E-state index contributed by atoms with van der Waals surface area (Å²) in [5.41, 5.74) is 0. The molecule has 1 saturated heterocycles. The highest BCUT2D eigenvalue weighted by Crippen LogP contribution is 2.23. The molecule has 0 aromatic heterocycles. The second kappa shape index (κ2) is 8.74. The molecular weight excluding hydrogens is 264 g/mol. The van der Waals surface area contributed by atoms with E-state index in [9.17, 15) is 4.79 Å². The third kappa shape index (κ3) is 5.26. The van der Waals surface area contributed by atoms with E-state index in [1.807, 2.05) is 4.90 Å². The van der Waals surface area contributed by atoms with Crippen LogP contribution in [0, 0.1) is 17.8 Å². The van der Waals surface area contributed by atoms with E-state index in [0.29, 0.717) is 30.9 Å². The third-order valence-electron chi connectivity index (χ3n) is 4.40. The first-order chi connectivity index (χ1) is 9.88. The number of hydrogen-bond donors (Lipinski definition) is 1. The largest absolute Gasteiger partial charge is 0.380 e. The second-order valence-corrected chi connectivity index (χ2v) is 7.05. The van der Waals surface area contributed by atoms with Crippen molar-refractivity contribution in [3.8, 4) is 0 Å². The molecule has 0 bridgehead atoms. The summed E-state index contributed by atoms with van der Waals surface area (Å²) >= 11 is 0. The molecule has 0 spiro atoms. The number of amides is 1. The second-order valence-electron chi connectivity index (χ2n) is 7.05. The van der Waals surface area contributed by atoms with Crippen molar-refractivity contribution in [2.24, 2.45) is 17.8 Å². The van der Waals surface area contributed by atoms with E-state index in [0.717, 1.165) is 19.4 Å². The maximum atomic E-state index is 12.6. The van der Waals surface area contributed by atoms with E-state index in [4.69, 9.17) is 4.74 Å². The highest BCUT2D eigenvalue weighted by molar-refractivity contribution is 5.84. The number of nitrogens with one attached hydrogen (secondary N) is 1. The van der Waals surface area contributed by atoms with E-state index in [-0.39, 0.29) is 18.1 Å². The van der Waals surface area contributed by atoms with Gasteiger partial charge in [-0.2, -0.15) is 0 Å². The zero-order valence-electron chi connectivity index (χ0n) is 14.7. The summed E-state index contributed by atoms with van der Waals surface area (Å²) < 4.78 is 5.68. The van der Waals surface area contributed by atoms with Crippen LogP contribution in [-0.4, -0.2) is 42.8 Å². The molecule has 3 unspecified atom stereocenters. The van der Waals surface area contributed by atoms with E-state index in [1.165, 1.54) is 0 Å². The molecule has 1 fully saturated rings. The van der Waals surface area contributed by atoms with Crippen molar-refractivity contribution < 1.29 is 9.53 Å². The Kier molecular flexibility index (Phi) is 7.67. The molecule has 1 aliphatic heterocycles. The fraction of sp³-hybridized carbons (Fsp3) is 0.941. The maximum absolute atomic E-state index is 12.6.